The summed E-state index contributed by atoms with van der Waals surface area (Å²) in [6.45, 7) is 9.11. The molecule has 0 aliphatic heterocycles. The van der Waals surface area contributed by atoms with Gasteiger partial charge in [-0.25, -0.2) is 0 Å². The summed E-state index contributed by atoms with van der Waals surface area (Å²) in [4.78, 5) is 14.3. The smallest absolute Gasteiger partial charge is 0.251 e. The van der Waals surface area contributed by atoms with Crippen molar-refractivity contribution >= 4 is 5.91 Å². The summed E-state index contributed by atoms with van der Waals surface area (Å²) >= 11 is 0. The Labute approximate surface area is 123 Å². The van der Waals surface area contributed by atoms with E-state index in [-0.39, 0.29) is 5.91 Å². The zero-order chi connectivity index (χ0) is 15.0. The molecule has 1 rings (SSSR count). The van der Waals surface area contributed by atoms with Crippen molar-refractivity contribution in [1.29, 1.82) is 0 Å². The van der Waals surface area contributed by atoms with E-state index in [0.717, 1.165) is 25.2 Å². The van der Waals surface area contributed by atoms with Crippen LogP contribution >= 0.6 is 0 Å². The highest BCUT2D eigenvalue weighted by Gasteiger charge is 2.07. The molecular formula is C17H28N2O. The van der Waals surface area contributed by atoms with Gasteiger partial charge in [0.1, 0.15) is 0 Å². The predicted molar refractivity (Wildman–Crippen MR) is 84.9 cm³/mol. The first kappa shape index (κ1) is 16.7. The van der Waals surface area contributed by atoms with Crippen molar-refractivity contribution in [2.75, 3.05) is 20.1 Å². The molecule has 3 heteroatoms. The Balaban J connectivity index is 2.58. The van der Waals surface area contributed by atoms with Crippen LogP contribution in [-0.4, -0.2) is 30.9 Å². The molecule has 0 aliphatic carbocycles. The van der Waals surface area contributed by atoms with Gasteiger partial charge in [-0.2, -0.15) is 0 Å². The van der Waals surface area contributed by atoms with Crippen LogP contribution in [0.3, 0.4) is 0 Å². The normalized spacial score (nSPS) is 11.1. The average Bonchev–Trinajstić information content (AvgIpc) is 2.42. The SMILES string of the molecule is CCCCN(C)Cc1cccc(C(=O)NCC(C)C)c1. The van der Waals surface area contributed by atoms with E-state index in [4.69, 9.17) is 0 Å². The van der Waals surface area contributed by atoms with E-state index in [1.165, 1.54) is 18.4 Å². The summed E-state index contributed by atoms with van der Waals surface area (Å²) < 4.78 is 0. The molecule has 0 unspecified atom stereocenters. The molecule has 1 N–H and O–H groups in total. The van der Waals surface area contributed by atoms with Gasteiger partial charge in [0.05, 0.1) is 0 Å². The summed E-state index contributed by atoms with van der Waals surface area (Å²) in [5.41, 5.74) is 1.95. The van der Waals surface area contributed by atoms with Crippen LogP contribution in [0.25, 0.3) is 0 Å². The minimum atomic E-state index is 0.0248. The van der Waals surface area contributed by atoms with E-state index < -0.39 is 0 Å². The lowest BCUT2D eigenvalue weighted by Crippen LogP contribution is -2.27. The van der Waals surface area contributed by atoms with Gasteiger partial charge < -0.3 is 10.2 Å². The second-order valence-electron chi connectivity index (χ2n) is 5.90. The zero-order valence-electron chi connectivity index (χ0n) is 13.3. The number of unbranched alkanes of at least 4 members (excludes halogenated alkanes) is 1. The van der Waals surface area contributed by atoms with E-state index in [2.05, 4.69) is 44.1 Å². The summed E-state index contributed by atoms with van der Waals surface area (Å²) in [6.07, 6.45) is 2.42. The Morgan fingerprint density at radius 3 is 2.75 bits per heavy atom. The first-order valence-electron chi connectivity index (χ1n) is 7.58. The second-order valence-corrected chi connectivity index (χ2v) is 5.90. The summed E-state index contributed by atoms with van der Waals surface area (Å²) in [6, 6.07) is 7.93. The molecule has 0 bridgehead atoms. The van der Waals surface area contributed by atoms with E-state index in [9.17, 15) is 4.79 Å². The molecule has 0 saturated carbocycles. The third-order valence-corrected chi connectivity index (χ3v) is 3.21. The minimum absolute atomic E-state index is 0.0248. The van der Waals surface area contributed by atoms with Gasteiger partial charge in [0.2, 0.25) is 0 Å². The lowest BCUT2D eigenvalue weighted by atomic mass is 10.1. The first-order valence-corrected chi connectivity index (χ1v) is 7.58. The van der Waals surface area contributed by atoms with Crippen LogP contribution in [0, 0.1) is 5.92 Å². The number of hydrogen-bond donors (Lipinski definition) is 1. The van der Waals surface area contributed by atoms with Gasteiger partial charge >= 0.3 is 0 Å². The molecule has 0 spiro atoms. The highest BCUT2D eigenvalue weighted by atomic mass is 16.1. The van der Waals surface area contributed by atoms with Crippen LogP contribution in [-0.2, 0) is 6.54 Å². The monoisotopic (exact) mass is 276 g/mol. The van der Waals surface area contributed by atoms with Crippen LogP contribution in [0.2, 0.25) is 0 Å². The number of benzene rings is 1. The third kappa shape index (κ3) is 6.20. The minimum Gasteiger partial charge on any atom is -0.352 e. The third-order valence-electron chi connectivity index (χ3n) is 3.21. The fourth-order valence-electron chi connectivity index (χ4n) is 2.03. The molecule has 112 valence electrons. The van der Waals surface area contributed by atoms with Crippen LogP contribution in [0.15, 0.2) is 24.3 Å². The topological polar surface area (TPSA) is 32.3 Å². The van der Waals surface area contributed by atoms with Crippen LogP contribution < -0.4 is 5.32 Å². The molecule has 1 amide bonds. The van der Waals surface area contributed by atoms with Gasteiger partial charge in [-0.05, 0) is 43.6 Å². The molecule has 20 heavy (non-hydrogen) atoms. The summed E-state index contributed by atoms with van der Waals surface area (Å²) in [5.74, 6) is 0.499. The summed E-state index contributed by atoms with van der Waals surface area (Å²) in [7, 11) is 2.13. The number of amides is 1. The molecule has 0 aromatic heterocycles. The second kappa shape index (κ2) is 8.75. The number of carbonyl (C=O) groups excluding carboxylic acids is 1. The molecule has 0 saturated heterocycles. The quantitative estimate of drug-likeness (QED) is 0.790. The van der Waals surface area contributed by atoms with Crippen LogP contribution in [0.4, 0.5) is 0 Å². The molecule has 0 radical (unpaired) electrons. The molecule has 0 heterocycles. The van der Waals surface area contributed by atoms with Crippen molar-refractivity contribution in [2.45, 2.75) is 40.2 Å². The lowest BCUT2D eigenvalue weighted by molar-refractivity contribution is 0.0949. The van der Waals surface area contributed by atoms with E-state index in [1.54, 1.807) is 0 Å². The zero-order valence-corrected chi connectivity index (χ0v) is 13.3. The fourth-order valence-corrected chi connectivity index (χ4v) is 2.03. The van der Waals surface area contributed by atoms with Crippen LogP contribution in [0.1, 0.15) is 49.5 Å². The number of nitrogens with zero attached hydrogens (tertiary/aromatic N) is 1. The molecule has 1 aromatic rings. The van der Waals surface area contributed by atoms with Crippen molar-refractivity contribution in [3.63, 3.8) is 0 Å². The Hall–Kier alpha value is -1.35. The predicted octanol–water partition coefficient (Wildman–Crippen LogP) is 3.30. The molecule has 1 aromatic carbocycles. The Kier molecular flexibility index (Phi) is 7.31. The van der Waals surface area contributed by atoms with Gasteiger partial charge in [0.25, 0.3) is 5.91 Å². The maximum atomic E-state index is 12.0. The molecular weight excluding hydrogens is 248 g/mol. The highest BCUT2D eigenvalue weighted by Crippen LogP contribution is 2.08. The largest absolute Gasteiger partial charge is 0.352 e. The van der Waals surface area contributed by atoms with E-state index >= 15 is 0 Å². The van der Waals surface area contributed by atoms with Crippen molar-refractivity contribution in [2.24, 2.45) is 5.92 Å². The molecule has 0 aliphatic rings. The molecule has 3 nitrogen and oxygen atoms in total. The van der Waals surface area contributed by atoms with E-state index in [0.29, 0.717) is 5.92 Å². The number of hydrogen-bond acceptors (Lipinski definition) is 2. The molecule has 0 fully saturated rings. The van der Waals surface area contributed by atoms with Crippen LogP contribution in [0.5, 0.6) is 0 Å². The van der Waals surface area contributed by atoms with Gasteiger partial charge in [-0.15, -0.1) is 0 Å². The van der Waals surface area contributed by atoms with Gasteiger partial charge in [0.15, 0.2) is 0 Å². The van der Waals surface area contributed by atoms with Gasteiger partial charge in [-0.3, -0.25) is 4.79 Å². The van der Waals surface area contributed by atoms with Crippen molar-refractivity contribution in [1.82, 2.24) is 10.2 Å². The number of nitrogens with one attached hydrogen (secondary N) is 1. The highest BCUT2D eigenvalue weighted by molar-refractivity contribution is 5.94. The van der Waals surface area contributed by atoms with Crippen molar-refractivity contribution < 1.29 is 4.79 Å². The Bertz CT molecular complexity index is 415. The van der Waals surface area contributed by atoms with Crippen molar-refractivity contribution in [3.05, 3.63) is 35.4 Å². The Morgan fingerprint density at radius 1 is 1.35 bits per heavy atom. The average molecular weight is 276 g/mol. The number of rotatable bonds is 8. The summed E-state index contributed by atoms with van der Waals surface area (Å²) in [5, 5.41) is 2.96. The number of carbonyl (C=O) groups is 1. The van der Waals surface area contributed by atoms with Crippen molar-refractivity contribution in [3.8, 4) is 0 Å². The maximum absolute atomic E-state index is 12.0. The molecule has 0 atom stereocenters. The first-order chi connectivity index (χ1) is 9.52. The fraction of sp³-hybridized carbons (Fsp3) is 0.588. The standard InChI is InChI=1S/C17H28N2O/c1-5-6-10-19(4)13-15-8-7-9-16(11-15)17(20)18-12-14(2)3/h7-9,11,14H,5-6,10,12-13H2,1-4H3,(H,18,20). The van der Waals surface area contributed by atoms with Gasteiger partial charge in [-0.1, -0.05) is 39.3 Å². The lowest BCUT2D eigenvalue weighted by Gasteiger charge is -2.16. The maximum Gasteiger partial charge on any atom is 0.251 e. The Morgan fingerprint density at radius 2 is 2.10 bits per heavy atom. The van der Waals surface area contributed by atoms with Gasteiger partial charge in [0, 0.05) is 18.7 Å². The van der Waals surface area contributed by atoms with E-state index in [1.807, 2.05) is 18.2 Å².